The molecule has 34 heavy (non-hydrogen) atoms. The number of carbonyl (C=O) groups is 1. The van der Waals surface area contributed by atoms with Crippen molar-refractivity contribution in [3.63, 3.8) is 0 Å². The predicted molar refractivity (Wildman–Crippen MR) is 122 cm³/mol. The number of anilines is 2. The molecule has 1 amide bonds. The van der Waals surface area contributed by atoms with Crippen LogP contribution in [0.2, 0.25) is 10.0 Å². The van der Waals surface area contributed by atoms with Crippen molar-refractivity contribution in [3.05, 3.63) is 63.8 Å². The molecule has 3 aromatic rings. The zero-order valence-electron chi connectivity index (χ0n) is 17.9. The van der Waals surface area contributed by atoms with Crippen LogP contribution in [0.3, 0.4) is 0 Å². The molecule has 2 N–H and O–H groups in total. The molecule has 12 heteroatoms. The van der Waals surface area contributed by atoms with Gasteiger partial charge in [-0.1, -0.05) is 35.3 Å². The van der Waals surface area contributed by atoms with Gasteiger partial charge < -0.3 is 20.1 Å². The maximum absolute atomic E-state index is 14.0. The topological polar surface area (TPSA) is 77.4 Å². The van der Waals surface area contributed by atoms with Crippen LogP contribution in [0.1, 0.15) is 34.6 Å². The number of fused-ring (bicyclic) bond motifs is 1. The summed E-state index contributed by atoms with van der Waals surface area (Å²) in [5.41, 5.74) is 0.537. The fraction of sp³-hybridized carbons (Fsp3) is 0.273. The van der Waals surface area contributed by atoms with Crippen LogP contribution >= 0.6 is 23.2 Å². The number of ether oxygens (including phenoxy) is 2. The summed E-state index contributed by atoms with van der Waals surface area (Å²) in [6, 6.07) is 8.36. The lowest BCUT2D eigenvalue weighted by Crippen LogP contribution is -2.35. The van der Waals surface area contributed by atoms with Gasteiger partial charge in [0.2, 0.25) is 0 Å². The molecule has 0 saturated heterocycles. The van der Waals surface area contributed by atoms with Crippen molar-refractivity contribution in [3.8, 4) is 11.5 Å². The van der Waals surface area contributed by atoms with Gasteiger partial charge in [0.1, 0.15) is 10.8 Å². The number of amides is 1. The molecule has 2 aromatic carbocycles. The van der Waals surface area contributed by atoms with E-state index in [0.717, 1.165) is 0 Å². The van der Waals surface area contributed by atoms with E-state index >= 15 is 0 Å². The average Bonchev–Trinajstić information content (AvgIpc) is 3.13. The highest BCUT2D eigenvalue weighted by atomic mass is 35.5. The van der Waals surface area contributed by atoms with Crippen LogP contribution in [0.25, 0.3) is 0 Å². The van der Waals surface area contributed by atoms with Gasteiger partial charge in [-0.3, -0.25) is 4.79 Å². The van der Waals surface area contributed by atoms with Crippen molar-refractivity contribution >= 4 is 40.6 Å². The molecule has 180 valence electrons. The van der Waals surface area contributed by atoms with Crippen LogP contribution in [0.15, 0.2) is 42.5 Å². The number of rotatable bonds is 5. The third-order valence-electron chi connectivity index (χ3n) is 5.40. The summed E-state index contributed by atoms with van der Waals surface area (Å²) in [5, 5.41) is 9.62. The smallest absolute Gasteiger partial charge is 0.410 e. The maximum Gasteiger partial charge on any atom is 0.410 e. The molecule has 1 aliphatic heterocycles. The molecule has 0 spiro atoms. The van der Waals surface area contributed by atoms with E-state index in [2.05, 4.69) is 15.7 Å². The molecule has 2 heterocycles. The van der Waals surface area contributed by atoms with Gasteiger partial charge in [0.15, 0.2) is 23.2 Å². The first-order valence-electron chi connectivity index (χ1n) is 10.0. The second-order valence-corrected chi connectivity index (χ2v) is 8.34. The van der Waals surface area contributed by atoms with Crippen molar-refractivity contribution in [2.75, 3.05) is 24.9 Å². The van der Waals surface area contributed by atoms with Gasteiger partial charge in [-0.05, 0) is 35.9 Å². The summed E-state index contributed by atoms with van der Waals surface area (Å²) in [6.07, 6.45) is -5.01. The van der Waals surface area contributed by atoms with Crippen LogP contribution in [-0.4, -0.2) is 36.1 Å². The first kappa shape index (κ1) is 24.0. The number of benzene rings is 2. The highest BCUT2D eigenvalue weighted by Gasteiger charge is 2.48. The Labute approximate surface area is 202 Å². The van der Waals surface area contributed by atoms with Gasteiger partial charge in [-0.25, -0.2) is 4.68 Å². The lowest BCUT2D eigenvalue weighted by Gasteiger charge is -2.33. The number of aromatic nitrogens is 2. The minimum Gasteiger partial charge on any atom is -0.493 e. The molecule has 0 aliphatic carbocycles. The number of halogens is 5. The van der Waals surface area contributed by atoms with E-state index in [1.54, 1.807) is 36.4 Å². The minimum absolute atomic E-state index is 0.105. The summed E-state index contributed by atoms with van der Waals surface area (Å²) in [6.45, 7) is 0. The van der Waals surface area contributed by atoms with Gasteiger partial charge in [0.25, 0.3) is 5.91 Å². The third-order valence-corrected chi connectivity index (χ3v) is 6.00. The molecule has 1 aromatic heterocycles. The van der Waals surface area contributed by atoms with Crippen LogP contribution in [0, 0.1) is 0 Å². The largest absolute Gasteiger partial charge is 0.493 e. The molecule has 7 nitrogen and oxygen atoms in total. The minimum atomic E-state index is -4.64. The second kappa shape index (κ2) is 9.27. The molecule has 1 aliphatic rings. The summed E-state index contributed by atoms with van der Waals surface area (Å²) in [7, 11) is 2.90. The summed E-state index contributed by atoms with van der Waals surface area (Å²) in [5.74, 6) is -0.0552. The van der Waals surface area contributed by atoms with Crippen LogP contribution < -0.4 is 20.1 Å². The van der Waals surface area contributed by atoms with Crippen molar-refractivity contribution in [1.29, 1.82) is 0 Å². The van der Waals surface area contributed by atoms with E-state index in [1.165, 1.54) is 20.3 Å². The quantitative estimate of drug-likeness (QED) is 0.428. The molecular formula is C22H19Cl2F3N4O3. The van der Waals surface area contributed by atoms with E-state index in [4.69, 9.17) is 32.7 Å². The SMILES string of the molecule is COc1ccc(C2CC(C(F)(F)F)n3nc(C(=O)Nc4cccc(Cl)c4)c(Cl)c3N2)cc1OC. The summed E-state index contributed by atoms with van der Waals surface area (Å²) >= 11 is 12.3. The van der Waals surface area contributed by atoms with Crippen molar-refractivity contribution in [1.82, 2.24) is 9.78 Å². The predicted octanol–water partition coefficient (Wildman–Crippen LogP) is 6.12. The van der Waals surface area contributed by atoms with Crippen LogP contribution in [0.5, 0.6) is 11.5 Å². The Bertz CT molecular complexity index is 1230. The molecule has 0 fully saturated rings. The van der Waals surface area contributed by atoms with Gasteiger partial charge >= 0.3 is 6.18 Å². The van der Waals surface area contributed by atoms with Crippen molar-refractivity contribution in [2.45, 2.75) is 24.7 Å². The maximum atomic E-state index is 14.0. The zero-order valence-corrected chi connectivity index (χ0v) is 19.4. The summed E-state index contributed by atoms with van der Waals surface area (Å²) in [4.78, 5) is 12.8. The number of nitrogens with zero attached hydrogens (tertiary/aromatic N) is 2. The lowest BCUT2D eigenvalue weighted by atomic mass is 9.96. The number of carbonyl (C=O) groups excluding carboxylic acids is 1. The molecule has 0 bridgehead atoms. The highest BCUT2D eigenvalue weighted by molar-refractivity contribution is 6.36. The zero-order chi connectivity index (χ0) is 24.6. The Kier molecular flexibility index (Phi) is 6.55. The number of hydrogen-bond acceptors (Lipinski definition) is 5. The number of alkyl halides is 3. The summed E-state index contributed by atoms with van der Waals surface area (Å²) < 4.78 is 53.2. The first-order valence-corrected chi connectivity index (χ1v) is 10.8. The van der Waals surface area contributed by atoms with E-state index in [9.17, 15) is 18.0 Å². The molecule has 0 radical (unpaired) electrons. The van der Waals surface area contributed by atoms with Gasteiger partial charge in [0, 0.05) is 17.1 Å². The third kappa shape index (κ3) is 4.60. The Morgan fingerprint density at radius 3 is 2.53 bits per heavy atom. The van der Waals surface area contributed by atoms with Crippen LogP contribution in [-0.2, 0) is 0 Å². The van der Waals surface area contributed by atoms with Gasteiger partial charge in [-0.15, -0.1) is 0 Å². The Balaban J connectivity index is 1.71. The fourth-order valence-electron chi connectivity index (χ4n) is 3.78. The molecule has 0 saturated carbocycles. The normalized spacial score (nSPS) is 17.5. The Morgan fingerprint density at radius 2 is 1.88 bits per heavy atom. The Morgan fingerprint density at radius 1 is 1.15 bits per heavy atom. The standard InChI is InChI=1S/C22H19Cl2F3N4O3/c1-33-15-7-6-11(8-16(15)34-2)14-10-17(22(25,26)27)31-20(29-14)18(24)19(30-31)21(32)28-13-5-3-4-12(23)9-13/h3-9,14,17,29H,10H2,1-2H3,(H,28,32). The average molecular weight is 515 g/mol. The molecule has 2 atom stereocenters. The highest BCUT2D eigenvalue weighted by Crippen LogP contribution is 2.47. The first-order chi connectivity index (χ1) is 16.1. The Hall–Kier alpha value is -3.11. The number of hydrogen-bond donors (Lipinski definition) is 2. The number of methoxy groups -OCH3 is 2. The van der Waals surface area contributed by atoms with Gasteiger partial charge in [0.05, 0.1) is 20.3 Å². The molecular weight excluding hydrogens is 496 g/mol. The van der Waals surface area contributed by atoms with E-state index in [1.807, 2.05) is 0 Å². The van der Waals surface area contributed by atoms with E-state index in [0.29, 0.717) is 32.5 Å². The van der Waals surface area contributed by atoms with Crippen molar-refractivity contribution in [2.24, 2.45) is 0 Å². The van der Waals surface area contributed by atoms with Gasteiger partial charge in [-0.2, -0.15) is 18.3 Å². The fourth-order valence-corrected chi connectivity index (χ4v) is 4.23. The monoisotopic (exact) mass is 514 g/mol. The molecule has 2 unspecified atom stereocenters. The second-order valence-electron chi connectivity index (χ2n) is 7.52. The number of nitrogens with one attached hydrogen (secondary N) is 2. The van der Waals surface area contributed by atoms with Crippen LogP contribution in [0.4, 0.5) is 24.7 Å². The molecule has 4 rings (SSSR count). The van der Waals surface area contributed by atoms with Crippen molar-refractivity contribution < 1.29 is 27.4 Å². The van der Waals surface area contributed by atoms with E-state index in [-0.39, 0.29) is 23.0 Å². The van der Waals surface area contributed by atoms with E-state index < -0.39 is 24.2 Å². The lowest BCUT2D eigenvalue weighted by molar-refractivity contribution is -0.173.